The molecule has 0 N–H and O–H groups in total. The second-order valence-electron chi connectivity index (χ2n) is 6.56. The molecule has 6 nitrogen and oxygen atoms in total. The summed E-state index contributed by atoms with van der Waals surface area (Å²) in [7, 11) is 2.06. The third-order valence-corrected chi connectivity index (χ3v) is 5.07. The normalized spacial score (nSPS) is 23.1. The van der Waals surface area contributed by atoms with Crippen molar-refractivity contribution in [3.8, 4) is 11.3 Å². The Hall–Kier alpha value is -2.12. The summed E-state index contributed by atoms with van der Waals surface area (Å²) < 4.78 is 21.2. The number of halogens is 1. The van der Waals surface area contributed by atoms with Crippen LogP contribution in [0, 0.1) is 17.6 Å². The van der Waals surface area contributed by atoms with Crippen LogP contribution in [0.15, 0.2) is 23.4 Å². The average molecular weight is 330 g/mol. The van der Waals surface area contributed by atoms with E-state index in [1.807, 2.05) is 4.68 Å². The van der Waals surface area contributed by atoms with Crippen LogP contribution >= 0.6 is 0 Å². The first-order chi connectivity index (χ1) is 11.6. The Morgan fingerprint density at radius 3 is 2.92 bits per heavy atom. The van der Waals surface area contributed by atoms with Crippen molar-refractivity contribution in [2.45, 2.75) is 32.1 Å². The van der Waals surface area contributed by atoms with E-state index >= 15 is 0 Å². The summed E-state index contributed by atoms with van der Waals surface area (Å²) in [5.74, 6) is -0.248. The number of fused-ring (bicyclic) bond motifs is 3. The Morgan fingerprint density at radius 1 is 1.38 bits per heavy atom. The van der Waals surface area contributed by atoms with Gasteiger partial charge in [0.2, 0.25) is 0 Å². The first kappa shape index (κ1) is 15.4. The molecular weight excluding hydrogens is 311 g/mol. The molecule has 0 aliphatic carbocycles. The number of aryl methyl sites for hydroxylation is 1. The third-order valence-electron chi connectivity index (χ3n) is 5.07. The van der Waals surface area contributed by atoms with E-state index in [-0.39, 0.29) is 24.4 Å². The van der Waals surface area contributed by atoms with Crippen LogP contribution in [0.2, 0.25) is 0 Å². The first-order valence-corrected chi connectivity index (χ1v) is 8.04. The van der Waals surface area contributed by atoms with Gasteiger partial charge < -0.3 is 4.74 Å². The van der Waals surface area contributed by atoms with Crippen LogP contribution in [0.5, 0.6) is 0 Å². The van der Waals surface area contributed by atoms with E-state index in [2.05, 4.69) is 17.1 Å². The van der Waals surface area contributed by atoms with Crippen molar-refractivity contribution in [1.82, 2.24) is 14.7 Å². The number of nitrogens with zero attached hydrogens (tertiary/aromatic N) is 4. The van der Waals surface area contributed by atoms with Crippen molar-refractivity contribution in [1.29, 1.82) is 0 Å². The van der Waals surface area contributed by atoms with Gasteiger partial charge in [0.05, 0.1) is 36.7 Å². The molecule has 2 aliphatic rings. The predicted octanol–water partition coefficient (Wildman–Crippen LogP) is 2.65. The molecule has 0 saturated carbocycles. The molecule has 1 aromatic carbocycles. The molecule has 2 unspecified atom stereocenters. The molecule has 0 spiro atoms. The maximum atomic E-state index is 13.6. The molecule has 2 aliphatic heterocycles. The summed E-state index contributed by atoms with van der Waals surface area (Å²) in [6, 6.07) is 5.34. The molecule has 0 radical (unpaired) electrons. The van der Waals surface area contributed by atoms with Crippen molar-refractivity contribution >= 4 is 0 Å². The van der Waals surface area contributed by atoms with Gasteiger partial charge in [-0.3, -0.25) is 9.58 Å². The smallest absolute Gasteiger partial charge is 0.126 e. The lowest BCUT2D eigenvalue weighted by Crippen LogP contribution is -2.44. The van der Waals surface area contributed by atoms with E-state index in [1.54, 1.807) is 19.1 Å². The fourth-order valence-corrected chi connectivity index (χ4v) is 3.74. The largest absolute Gasteiger partial charge is 0.377 e. The molecule has 4 rings (SSSR count). The highest BCUT2D eigenvalue weighted by Crippen LogP contribution is 2.36. The van der Waals surface area contributed by atoms with Crippen molar-refractivity contribution < 1.29 is 9.13 Å². The maximum absolute atomic E-state index is 13.6. The molecule has 126 valence electrons. The maximum Gasteiger partial charge on any atom is 0.126 e. The van der Waals surface area contributed by atoms with Gasteiger partial charge in [-0.05, 0) is 37.7 Å². The Kier molecular flexibility index (Phi) is 3.69. The molecule has 2 atom stereocenters. The number of benzene rings is 1. The Bertz CT molecular complexity index is 804. The lowest BCUT2D eigenvalue weighted by molar-refractivity contribution is 0.143. The summed E-state index contributed by atoms with van der Waals surface area (Å²) in [4.78, 5) is 13.2. The number of nitroso groups, excluding NO2 is 1. The van der Waals surface area contributed by atoms with Gasteiger partial charge in [-0.15, -0.1) is 0 Å². The number of ether oxygens (including phenoxy) is 1. The second kappa shape index (κ2) is 5.75. The number of aromatic nitrogens is 2. The number of hydrogen-bond acceptors (Lipinski definition) is 5. The molecule has 3 heterocycles. The zero-order valence-corrected chi connectivity index (χ0v) is 13.7. The van der Waals surface area contributed by atoms with Gasteiger partial charge in [0, 0.05) is 17.7 Å². The van der Waals surface area contributed by atoms with E-state index in [0.717, 1.165) is 16.8 Å². The van der Waals surface area contributed by atoms with Crippen molar-refractivity contribution in [3.63, 3.8) is 0 Å². The minimum atomic E-state index is -0.248. The quantitative estimate of drug-likeness (QED) is 0.812. The monoisotopic (exact) mass is 330 g/mol. The molecular formula is C17H19FN4O2. The van der Waals surface area contributed by atoms with Crippen LogP contribution in [-0.2, 0) is 17.8 Å². The molecule has 0 bridgehead atoms. The standard InChI is InChI=1S/C17H19FN4O2/c1-10-5-11(3-4-13(10)18)17-12(6-19-23)14-7-21(2)15-8-24-9-16(15)22(14)20-17/h3-5,15-16H,6-9H2,1-2H3. The van der Waals surface area contributed by atoms with Gasteiger partial charge in [-0.1, -0.05) is 5.18 Å². The van der Waals surface area contributed by atoms with Crippen molar-refractivity contribution in [2.24, 2.45) is 5.18 Å². The number of hydrogen-bond donors (Lipinski definition) is 0. The fourth-order valence-electron chi connectivity index (χ4n) is 3.74. The minimum Gasteiger partial charge on any atom is -0.377 e. The summed E-state index contributed by atoms with van der Waals surface area (Å²) in [5.41, 5.74) is 3.91. The summed E-state index contributed by atoms with van der Waals surface area (Å²) in [5, 5.41) is 7.87. The van der Waals surface area contributed by atoms with Crippen LogP contribution in [0.25, 0.3) is 11.3 Å². The van der Waals surface area contributed by atoms with Crippen molar-refractivity contribution in [3.05, 3.63) is 45.7 Å². The van der Waals surface area contributed by atoms with Crippen molar-refractivity contribution in [2.75, 3.05) is 20.3 Å². The number of likely N-dealkylation sites (N-methyl/N-ethyl adjacent to an activating group) is 1. The number of rotatable bonds is 3. The Labute approximate surface area is 139 Å². The van der Waals surface area contributed by atoms with E-state index < -0.39 is 0 Å². The van der Waals surface area contributed by atoms with Gasteiger partial charge in [0.25, 0.3) is 0 Å². The molecule has 1 fully saturated rings. The Balaban J connectivity index is 1.87. The third kappa shape index (κ3) is 2.27. The van der Waals surface area contributed by atoms with Gasteiger partial charge in [0.15, 0.2) is 0 Å². The molecule has 7 heteroatoms. The SMILES string of the molecule is Cc1cc(-c2nn3c(c2CN=O)CN(C)C2COCC23)ccc1F. The highest BCUT2D eigenvalue weighted by molar-refractivity contribution is 5.65. The molecule has 1 saturated heterocycles. The van der Waals surface area contributed by atoms with Gasteiger partial charge in [-0.25, -0.2) is 4.39 Å². The summed E-state index contributed by atoms with van der Waals surface area (Å²) >= 11 is 0. The molecule has 24 heavy (non-hydrogen) atoms. The molecule has 1 aromatic heterocycles. The highest BCUT2D eigenvalue weighted by atomic mass is 19.1. The Morgan fingerprint density at radius 2 is 2.17 bits per heavy atom. The molecule has 2 aromatic rings. The highest BCUT2D eigenvalue weighted by Gasteiger charge is 2.40. The van der Waals surface area contributed by atoms with Gasteiger partial charge >= 0.3 is 0 Å². The minimum absolute atomic E-state index is 0.0627. The van der Waals surface area contributed by atoms with Crippen LogP contribution in [0.3, 0.4) is 0 Å². The summed E-state index contributed by atoms with van der Waals surface area (Å²) in [6.07, 6.45) is 0. The van der Waals surface area contributed by atoms with Gasteiger partial charge in [-0.2, -0.15) is 10.0 Å². The topological polar surface area (TPSA) is 59.7 Å². The van der Waals surface area contributed by atoms with Crippen LogP contribution < -0.4 is 0 Å². The second-order valence-corrected chi connectivity index (χ2v) is 6.56. The van der Waals surface area contributed by atoms with E-state index in [0.29, 0.717) is 31.0 Å². The van der Waals surface area contributed by atoms with Crippen LogP contribution in [0.1, 0.15) is 22.9 Å². The van der Waals surface area contributed by atoms with Crippen LogP contribution in [0.4, 0.5) is 4.39 Å². The van der Waals surface area contributed by atoms with E-state index in [9.17, 15) is 9.30 Å². The van der Waals surface area contributed by atoms with Gasteiger partial charge in [0.1, 0.15) is 12.4 Å². The zero-order valence-electron chi connectivity index (χ0n) is 13.7. The first-order valence-electron chi connectivity index (χ1n) is 8.04. The zero-order chi connectivity index (χ0) is 16.8. The van der Waals surface area contributed by atoms with E-state index in [1.165, 1.54) is 6.07 Å². The lowest BCUT2D eigenvalue weighted by Gasteiger charge is -2.34. The lowest BCUT2D eigenvalue weighted by atomic mass is 10.0. The average Bonchev–Trinajstić information content (AvgIpc) is 3.17. The summed E-state index contributed by atoms with van der Waals surface area (Å²) in [6.45, 7) is 3.78. The predicted molar refractivity (Wildman–Crippen MR) is 87.0 cm³/mol. The molecule has 0 amide bonds. The fraction of sp³-hybridized carbons (Fsp3) is 0.471. The van der Waals surface area contributed by atoms with Crippen LogP contribution in [-0.4, -0.2) is 41.0 Å². The van der Waals surface area contributed by atoms with E-state index in [4.69, 9.17) is 9.84 Å².